The predicted octanol–water partition coefficient (Wildman–Crippen LogP) is 6.71. The molecule has 2 aliphatic rings. The number of hydrogen-bond acceptors (Lipinski definition) is 4. The zero-order chi connectivity index (χ0) is 22.7. The van der Waals surface area contributed by atoms with Crippen LogP contribution in [-0.2, 0) is 6.54 Å². The molecular weight excluding hydrogens is 478 g/mol. The van der Waals surface area contributed by atoms with Crippen molar-refractivity contribution in [3.05, 3.63) is 88.5 Å². The summed E-state index contributed by atoms with van der Waals surface area (Å²) in [5.41, 5.74) is 2.05. The molecule has 8 heteroatoms. The lowest BCUT2D eigenvalue weighted by molar-refractivity contribution is 0.369. The average molecular weight is 499 g/mol. The number of aromatic nitrogens is 4. The largest absolute Gasteiger partial charge is 0.359 e. The van der Waals surface area contributed by atoms with Crippen LogP contribution >= 0.6 is 15.9 Å². The van der Waals surface area contributed by atoms with E-state index in [9.17, 15) is 8.78 Å². The zero-order valence-electron chi connectivity index (χ0n) is 17.6. The Kier molecular flexibility index (Phi) is 6.60. The van der Waals surface area contributed by atoms with E-state index in [1.807, 2.05) is 22.9 Å². The molecule has 32 heavy (non-hydrogen) atoms. The second kappa shape index (κ2) is 9.56. The molecule has 0 aliphatic carbocycles. The van der Waals surface area contributed by atoms with Crippen molar-refractivity contribution in [1.29, 1.82) is 0 Å². The van der Waals surface area contributed by atoms with E-state index >= 15 is 0 Å². The standard InChI is InChI=1S/C24H21BrF2N4O/c1-3-5-16(25)9-8-15(2)21-12-17(32-30-21)13-31-11-10-20-22(14-31)29-24(28-20)18-6-4-7-19(26)23(18)27/h4-12,14-15H,3,13H2,1-2H3/b9-8-,16-5+. The maximum atomic E-state index is 14.1. The Bertz CT molecular complexity index is 1260. The van der Waals surface area contributed by atoms with Crippen molar-refractivity contribution < 1.29 is 13.3 Å². The van der Waals surface area contributed by atoms with Gasteiger partial charge in [0, 0.05) is 28.9 Å². The molecule has 0 saturated carbocycles. The highest BCUT2D eigenvalue weighted by Gasteiger charge is 2.18. The Labute approximate surface area is 193 Å². The molecule has 0 spiro atoms. The van der Waals surface area contributed by atoms with Crippen molar-refractivity contribution in [3.8, 4) is 22.8 Å². The summed E-state index contributed by atoms with van der Waals surface area (Å²) >= 11 is 3.51. The van der Waals surface area contributed by atoms with Crippen LogP contribution in [0.5, 0.6) is 0 Å². The van der Waals surface area contributed by atoms with Crippen molar-refractivity contribution in [2.75, 3.05) is 0 Å². The molecule has 5 nitrogen and oxygen atoms in total. The number of rotatable bonds is 7. The van der Waals surface area contributed by atoms with Crippen LogP contribution in [-0.4, -0.2) is 19.7 Å². The summed E-state index contributed by atoms with van der Waals surface area (Å²) in [5, 5.41) is 4.18. The van der Waals surface area contributed by atoms with E-state index < -0.39 is 11.6 Å². The van der Waals surface area contributed by atoms with Crippen molar-refractivity contribution in [3.63, 3.8) is 0 Å². The molecule has 2 aromatic rings. The Hall–Kier alpha value is -3.13. The van der Waals surface area contributed by atoms with Crippen LogP contribution in [0.2, 0.25) is 0 Å². The molecule has 0 fully saturated rings. The molecule has 164 valence electrons. The minimum atomic E-state index is -0.953. The topological polar surface area (TPSA) is 56.7 Å². The van der Waals surface area contributed by atoms with Gasteiger partial charge in [0.25, 0.3) is 0 Å². The Morgan fingerprint density at radius 1 is 1.22 bits per heavy atom. The van der Waals surface area contributed by atoms with E-state index in [1.165, 1.54) is 12.1 Å². The second-order valence-electron chi connectivity index (χ2n) is 7.40. The first kappa shape index (κ1) is 22.1. The summed E-state index contributed by atoms with van der Waals surface area (Å²) in [5.74, 6) is -0.928. The molecule has 3 heterocycles. The SMILES string of the molecule is CC/C=C(Br)\C=C/C(C)c1cc(Cn2ccc3nc(-c4cccc(F)c4F)nc-3c2)on1. The Morgan fingerprint density at radius 2 is 2.03 bits per heavy atom. The summed E-state index contributed by atoms with van der Waals surface area (Å²) in [6.45, 7) is 4.59. The fourth-order valence-corrected chi connectivity index (χ4v) is 3.72. The minimum absolute atomic E-state index is 0.0371. The minimum Gasteiger partial charge on any atom is -0.359 e. The van der Waals surface area contributed by atoms with Crippen LogP contribution < -0.4 is 0 Å². The van der Waals surface area contributed by atoms with Crippen LogP contribution in [0, 0.1) is 11.6 Å². The van der Waals surface area contributed by atoms with Gasteiger partial charge in [-0.05, 0) is 24.6 Å². The monoisotopic (exact) mass is 498 g/mol. The van der Waals surface area contributed by atoms with Crippen molar-refractivity contribution in [2.24, 2.45) is 0 Å². The van der Waals surface area contributed by atoms with Gasteiger partial charge in [0.2, 0.25) is 0 Å². The zero-order valence-corrected chi connectivity index (χ0v) is 19.2. The quantitative estimate of drug-likeness (QED) is 0.265. The first-order valence-electron chi connectivity index (χ1n) is 10.2. The number of benzene rings is 1. The normalized spacial score (nSPS) is 13.3. The summed E-state index contributed by atoms with van der Waals surface area (Å²) in [6, 6.07) is 7.67. The van der Waals surface area contributed by atoms with Gasteiger partial charge in [-0.15, -0.1) is 0 Å². The van der Waals surface area contributed by atoms with Gasteiger partial charge >= 0.3 is 0 Å². The summed E-state index contributed by atoms with van der Waals surface area (Å²) in [6.07, 6.45) is 10.7. The molecule has 1 atom stereocenters. The fourth-order valence-electron chi connectivity index (χ4n) is 3.24. The Morgan fingerprint density at radius 3 is 2.84 bits per heavy atom. The summed E-state index contributed by atoms with van der Waals surface area (Å²) < 4.78 is 36.1. The number of fused-ring (bicyclic) bond motifs is 1. The number of allylic oxidation sites excluding steroid dienone is 4. The van der Waals surface area contributed by atoms with Gasteiger partial charge in [0.1, 0.15) is 5.69 Å². The number of nitrogens with zero attached hydrogens (tertiary/aromatic N) is 4. The summed E-state index contributed by atoms with van der Waals surface area (Å²) in [7, 11) is 0. The third-order valence-electron chi connectivity index (χ3n) is 4.94. The lowest BCUT2D eigenvalue weighted by Gasteiger charge is -2.05. The molecule has 0 saturated heterocycles. The van der Waals surface area contributed by atoms with E-state index in [1.54, 1.807) is 12.3 Å². The van der Waals surface area contributed by atoms with Crippen LogP contribution in [0.3, 0.4) is 0 Å². The number of pyridine rings is 1. The van der Waals surface area contributed by atoms with Crippen molar-refractivity contribution >= 4 is 15.9 Å². The average Bonchev–Trinajstić information content (AvgIpc) is 3.41. The smallest absolute Gasteiger partial charge is 0.169 e. The van der Waals surface area contributed by atoms with Gasteiger partial charge in [0.05, 0.1) is 23.5 Å². The third-order valence-corrected chi connectivity index (χ3v) is 5.53. The van der Waals surface area contributed by atoms with E-state index in [0.29, 0.717) is 23.7 Å². The molecule has 1 aromatic heterocycles. The van der Waals surface area contributed by atoms with E-state index in [0.717, 1.165) is 22.7 Å². The van der Waals surface area contributed by atoms with E-state index in [4.69, 9.17) is 4.52 Å². The van der Waals surface area contributed by atoms with Crippen LogP contribution in [0.15, 0.2) is 70.0 Å². The first-order chi connectivity index (χ1) is 15.4. The molecule has 2 aliphatic heterocycles. The van der Waals surface area contributed by atoms with E-state index in [2.05, 4.69) is 57.1 Å². The highest BCUT2D eigenvalue weighted by molar-refractivity contribution is 9.11. The van der Waals surface area contributed by atoms with Gasteiger partial charge < -0.3 is 9.09 Å². The van der Waals surface area contributed by atoms with Gasteiger partial charge in [-0.3, -0.25) is 0 Å². The second-order valence-corrected chi connectivity index (χ2v) is 8.32. The van der Waals surface area contributed by atoms with Crippen molar-refractivity contribution in [1.82, 2.24) is 19.7 Å². The summed E-state index contributed by atoms with van der Waals surface area (Å²) in [4.78, 5) is 8.70. The maximum Gasteiger partial charge on any atom is 0.169 e. The molecule has 1 aromatic carbocycles. The van der Waals surface area contributed by atoms with Gasteiger partial charge in [-0.2, -0.15) is 0 Å². The number of imidazole rings is 1. The molecule has 0 amide bonds. The molecule has 0 radical (unpaired) electrons. The Balaban J connectivity index is 1.51. The lowest BCUT2D eigenvalue weighted by atomic mass is 10.1. The predicted molar refractivity (Wildman–Crippen MR) is 122 cm³/mol. The fraction of sp³-hybridized carbons (Fsp3) is 0.208. The van der Waals surface area contributed by atoms with Crippen LogP contribution in [0.25, 0.3) is 22.8 Å². The molecule has 4 rings (SSSR count). The van der Waals surface area contributed by atoms with Gasteiger partial charge in [0.15, 0.2) is 23.2 Å². The number of hydrogen-bond donors (Lipinski definition) is 0. The lowest BCUT2D eigenvalue weighted by Crippen LogP contribution is -2.00. The van der Waals surface area contributed by atoms with Gasteiger partial charge in [-0.25, -0.2) is 18.7 Å². The van der Waals surface area contributed by atoms with Crippen LogP contribution in [0.4, 0.5) is 8.78 Å². The molecule has 0 N–H and O–H groups in total. The maximum absolute atomic E-state index is 14.1. The molecule has 0 bridgehead atoms. The number of halogens is 3. The highest BCUT2D eigenvalue weighted by atomic mass is 79.9. The molecule has 1 unspecified atom stereocenters. The van der Waals surface area contributed by atoms with E-state index in [-0.39, 0.29) is 17.3 Å². The first-order valence-corrected chi connectivity index (χ1v) is 11.0. The third kappa shape index (κ3) is 4.85. The highest BCUT2D eigenvalue weighted by Crippen LogP contribution is 2.27. The van der Waals surface area contributed by atoms with Crippen LogP contribution in [0.1, 0.15) is 37.6 Å². The molecular formula is C24H21BrF2N4O. The van der Waals surface area contributed by atoms with Crippen molar-refractivity contribution in [2.45, 2.75) is 32.7 Å². The van der Waals surface area contributed by atoms with Gasteiger partial charge in [-0.1, -0.05) is 59.2 Å².